The lowest BCUT2D eigenvalue weighted by atomic mass is 10.3. The summed E-state index contributed by atoms with van der Waals surface area (Å²) in [4.78, 5) is 39.4. The number of nitrogens with zero attached hydrogens (tertiary/aromatic N) is 2. The molecule has 28 heavy (non-hydrogen) atoms. The lowest BCUT2D eigenvalue weighted by molar-refractivity contribution is 0.339. The minimum absolute atomic E-state index is 0.157. The highest BCUT2D eigenvalue weighted by atomic mass is 35.5. The van der Waals surface area contributed by atoms with E-state index in [0.717, 1.165) is 19.8 Å². The van der Waals surface area contributed by atoms with Crippen molar-refractivity contribution in [3.63, 3.8) is 0 Å². The molecular weight excluding hydrogens is 425 g/mol. The lowest BCUT2D eigenvalue weighted by Crippen LogP contribution is -2.47. The summed E-state index contributed by atoms with van der Waals surface area (Å²) in [6, 6.07) is 10.3. The van der Waals surface area contributed by atoms with Gasteiger partial charge in [0.2, 0.25) is 0 Å². The van der Waals surface area contributed by atoms with Gasteiger partial charge in [-0.15, -0.1) is 0 Å². The van der Waals surface area contributed by atoms with E-state index in [1.165, 1.54) is 30.9 Å². The number of benzene rings is 2. The molecule has 7 nitrogen and oxygen atoms in total. The summed E-state index contributed by atoms with van der Waals surface area (Å²) in [5.74, 6) is 0.722. The number of rotatable bonds is 5. The number of hydrogen-bond donors (Lipinski definition) is 1. The number of nitrogens with one attached hydrogen (secondary N) is 1. The molecule has 0 aliphatic rings. The van der Waals surface area contributed by atoms with Crippen molar-refractivity contribution in [2.75, 3.05) is 6.61 Å². The predicted molar refractivity (Wildman–Crippen MR) is 110 cm³/mol. The van der Waals surface area contributed by atoms with Gasteiger partial charge in [-0.05, 0) is 37.3 Å². The van der Waals surface area contributed by atoms with Gasteiger partial charge < -0.3 is 4.74 Å². The fraction of sp³-hybridized carbons (Fsp3) is 0.167. The highest BCUT2D eigenvalue weighted by Crippen LogP contribution is 2.40. The Morgan fingerprint density at radius 1 is 1.07 bits per heavy atom. The number of aromatic nitrogens is 3. The monoisotopic (exact) mass is 439 g/mol. The lowest BCUT2D eigenvalue weighted by Gasteiger charge is -2.12. The Hall–Kier alpha value is -2.42. The van der Waals surface area contributed by atoms with E-state index in [1.807, 2.05) is 31.2 Å². The molecule has 1 heterocycles. The Bertz CT molecular complexity index is 1190. The van der Waals surface area contributed by atoms with Gasteiger partial charge in [0.05, 0.1) is 22.3 Å². The maximum atomic E-state index is 12.3. The second-order valence-electron chi connectivity index (χ2n) is 5.66. The van der Waals surface area contributed by atoms with Crippen molar-refractivity contribution in [2.24, 2.45) is 7.05 Å². The Kier molecular flexibility index (Phi) is 6.02. The van der Waals surface area contributed by atoms with Crippen LogP contribution in [0.4, 0.5) is 0 Å². The van der Waals surface area contributed by atoms with E-state index in [-0.39, 0.29) is 15.7 Å². The van der Waals surface area contributed by atoms with E-state index < -0.39 is 17.1 Å². The molecule has 0 radical (unpaired) electrons. The predicted octanol–water partition coefficient (Wildman–Crippen LogP) is 3.08. The Morgan fingerprint density at radius 2 is 1.75 bits per heavy atom. The van der Waals surface area contributed by atoms with Crippen molar-refractivity contribution in [1.82, 2.24) is 14.1 Å². The molecule has 10 heteroatoms. The summed E-state index contributed by atoms with van der Waals surface area (Å²) in [5, 5.41) is 0.518. The molecule has 146 valence electrons. The molecule has 3 aromatic rings. The van der Waals surface area contributed by atoms with Crippen LogP contribution in [0.25, 0.3) is 5.69 Å². The maximum Gasteiger partial charge on any atom is 0.340 e. The topological polar surface area (TPSA) is 86.1 Å². The number of aromatic amines is 1. The normalized spacial score (nSPS) is 10.9. The summed E-state index contributed by atoms with van der Waals surface area (Å²) in [5.41, 5.74) is -2.31. The van der Waals surface area contributed by atoms with Crippen LogP contribution < -0.4 is 21.8 Å². The van der Waals surface area contributed by atoms with Gasteiger partial charge in [0.1, 0.15) is 5.75 Å². The van der Waals surface area contributed by atoms with E-state index >= 15 is 0 Å². The smallest absolute Gasteiger partial charge is 0.340 e. The summed E-state index contributed by atoms with van der Waals surface area (Å²) in [6.07, 6.45) is 0. The SMILES string of the molecule is CCOc1cccc(Sc2c(Cl)cc(-n3c(=O)[nH]c(=O)n(C)c3=O)cc2Cl)c1. The molecule has 0 atom stereocenters. The molecule has 0 amide bonds. The van der Waals surface area contributed by atoms with E-state index in [9.17, 15) is 14.4 Å². The third-order valence-electron chi connectivity index (χ3n) is 3.78. The first-order chi connectivity index (χ1) is 13.3. The summed E-state index contributed by atoms with van der Waals surface area (Å²) < 4.78 is 7.06. The van der Waals surface area contributed by atoms with Crippen molar-refractivity contribution in [3.8, 4) is 11.4 Å². The Balaban J connectivity index is 2.05. The van der Waals surface area contributed by atoms with Crippen LogP contribution in [0.15, 0.2) is 60.6 Å². The molecule has 0 unspecified atom stereocenters. The van der Waals surface area contributed by atoms with Gasteiger partial charge in [0.15, 0.2) is 0 Å². The molecule has 0 aliphatic heterocycles. The summed E-state index contributed by atoms with van der Waals surface area (Å²) in [7, 11) is 1.26. The van der Waals surface area contributed by atoms with E-state index in [1.54, 1.807) is 0 Å². The minimum atomic E-state index is -0.870. The minimum Gasteiger partial charge on any atom is -0.494 e. The van der Waals surface area contributed by atoms with Gasteiger partial charge in [-0.1, -0.05) is 41.0 Å². The van der Waals surface area contributed by atoms with Gasteiger partial charge in [-0.25, -0.2) is 23.5 Å². The van der Waals surface area contributed by atoms with Gasteiger partial charge in [0, 0.05) is 16.8 Å². The van der Waals surface area contributed by atoms with E-state index in [0.29, 0.717) is 11.5 Å². The molecule has 2 aromatic carbocycles. The first-order valence-corrected chi connectivity index (χ1v) is 9.71. The van der Waals surface area contributed by atoms with Crippen LogP contribution in [0.3, 0.4) is 0 Å². The number of halogens is 2. The highest BCUT2D eigenvalue weighted by molar-refractivity contribution is 7.99. The molecular formula is C18H15Cl2N3O4S. The van der Waals surface area contributed by atoms with Crippen LogP contribution in [-0.4, -0.2) is 20.7 Å². The zero-order valence-corrected chi connectivity index (χ0v) is 17.2. The third-order valence-corrected chi connectivity index (χ3v) is 5.73. The van der Waals surface area contributed by atoms with Crippen molar-refractivity contribution < 1.29 is 4.74 Å². The molecule has 0 aliphatic carbocycles. The van der Waals surface area contributed by atoms with Crippen LogP contribution in [0.1, 0.15) is 6.92 Å². The number of H-pyrrole nitrogens is 1. The van der Waals surface area contributed by atoms with Crippen LogP contribution in [0.5, 0.6) is 5.75 Å². The van der Waals surface area contributed by atoms with Crippen LogP contribution in [0, 0.1) is 0 Å². The van der Waals surface area contributed by atoms with Gasteiger partial charge in [-0.3, -0.25) is 4.98 Å². The first kappa shape index (κ1) is 20.3. The second kappa shape index (κ2) is 8.30. The number of ether oxygens (including phenoxy) is 1. The fourth-order valence-corrected chi connectivity index (χ4v) is 4.05. The summed E-state index contributed by atoms with van der Waals surface area (Å²) in [6.45, 7) is 2.45. The molecule has 3 rings (SSSR count). The second-order valence-corrected chi connectivity index (χ2v) is 7.56. The Labute approximate surface area is 173 Å². The highest BCUT2D eigenvalue weighted by Gasteiger charge is 2.15. The number of hydrogen-bond acceptors (Lipinski definition) is 5. The zero-order valence-electron chi connectivity index (χ0n) is 14.9. The maximum absolute atomic E-state index is 12.3. The summed E-state index contributed by atoms with van der Waals surface area (Å²) >= 11 is 14.1. The molecule has 1 N–H and O–H groups in total. The van der Waals surface area contributed by atoms with Crippen molar-refractivity contribution >= 4 is 35.0 Å². The molecule has 1 aromatic heterocycles. The fourth-order valence-electron chi connectivity index (χ4n) is 2.47. The van der Waals surface area contributed by atoms with Gasteiger partial charge in [-0.2, -0.15) is 0 Å². The van der Waals surface area contributed by atoms with Gasteiger partial charge in [0.25, 0.3) is 0 Å². The van der Waals surface area contributed by atoms with Gasteiger partial charge >= 0.3 is 17.1 Å². The van der Waals surface area contributed by atoms with Crippen LogP contribution in [-0.2, 0) is 7.05 Å². The first-order valence-electron chi connectivity index (χ1n) is 8.14. The average molecular weight is 440 g/mol. The van der Waals surface area contributed by atoms with E-state index in [4.69, 9.17) is 27.9 Å². The quantitative estimate of drug-likeness (QED) is 0.659. The van der Waals surface area contributed by atoms with Crippen molar-refractivity contribution in [2.45, 2.75) is 16.7 Å². The zero-order chi connectivity index (χ0) is 20.4. The van der Waals surface area contributed by atoms with Crippen molar-refractivity contribution in [1.29, 1.82) is 0 Å². The molecule has 0 saturated carbocycles. The van der Waals surface area contributed by atoms with Crippen LogP contribution >= 0.6 is 35.0 Å². The van der Waals surface area contributed by atoms with Crippen LogP contribution in [0.2, 0.25) is 10.0 Å². The van der Waals surface area contributed by atoms with E-state index in [2.05, 4.69) is 4.98 Å². The molecule has 0 fully saturated rings. The average Bonchev–Trinajstić information content (AvgIpc) is 2.63. The van der Waals surface area contributed by atoms with Crippen molar-refractivity contribution in [3.05, 3.63) is 77.9 Å². The Morgan fingerprint density at radius 3 is 2.39 bits per heavy atom. The molecule has 0 saturated heterocycles. The molecule has 0 bridgehead atoms. The largest absolute Gasteiger partial charge is 0.494 e. The standard InChI is InChI=1S/C18H15Cl2N3O4S/c1-3-27-11-5-4-6-12(9-11)28-15-13(19)7-10(8-14(15)20)23-17(25)21-16(24)22(2)18(23)26/h4-9H,3H2,1-2H3,(H,21,24,25). The third kappa shape index (κ3) is 4.04. The molecule has 0 spiro atoms.